The standard InChI is InChI=1S/C25H25F4N3OS2.C24H22F4N3OS2.2Na.2H2O/c1-13(2)34-23-21(16-8-10-18(11-9-16)25(27,28)29)30-24(35-23)32-22(15(4)33)20(14(3)31-32)17-6-5-7-19(26)12-17;1-13(2)33-22-21(15-7-9-17(10-8-15)24(26,27)28)29-23(34-22)31-19(12-32)20(14(3)30-31)16-5-4-6-18(25)11-16;;;;/h5-8,12-13,18H,9-11H2,1-4H3;4-7,11,13,17H,8-10H2,1-3H3;;;2*1H2/q;-1;2*+1;;/p-2. The van der Waals surface area contributed by atoms with Gasteiger partial charge in [0.25, 0.3) is 0 Å². The molecule has 2 aliphatic rings. The number of rotatable bonds is 12. The maximum atomic E-state index is 13.9. The number of allylic oxidation sites excluding steroid dienone is 4. The second-order valence-electron chi connectivity index (χ2n) is 17.2. The van der Waals surface area contributed by atoms with E-state index < -0.39 is 35.8 Å². The number of halogens is 8. The number of carbonyl (C=O) groups excluding carboxylic acids is 2. The maximum Gasteiger partial charge on any atom is 1.00 e. The second kappa shape index (κ2) is 26.9. The molecule has 73 heavy (non-hydrogen) atoms. The van der Waals surface area contributed by atoms with Gasteiger partial charge in [0.1, 0.15) is 17.3 Å². The molecule has 2 aromatic carbocycles. The number of hydrogen-bond donors (Lipinski definition) is 0. The second-order valence-corrected chi connectivity index (χ2v) is 22.8. The molecule has 0 spiro atoms. The summed E-state index contributed by atoms with van der Waals surface area (Å²) in [6, 6.07) is 11.9. The Morgan fingerprint density at radius 3 is 1.48 bits per heavy atom. The van der Waals surface area contributed by atoms with Crippen LogP contribution in [0, 0.1) is 37.3 Å². The first kappa shape index (κ1) is 64.3. The summed E-state index contributed by atoms with van der Waals surface area (Å²) in [6.45, 7) is 13.0. The topological polar surface area (TPSA) is 156 Å². The van der Waals surface area contributed by atoms with Crippen LogP contribution in [-0.2, 0) is 4.79 Å². The van der Waals surface area contributed by atoms with Crippen LogP contribution in [0.3, 0.4) is 0 Å². The van der Waals surface area contributed by atoms with Crippen molar-refractivity contribution in [3.8, 4) is 32.5 Å². The summed E-state index contributed by atoms with van der Waals surface area (Å²) >= 11 is 5.83. The van der Waals surface area contributed by atoms with Crippen LogP contribution in [0.1, 0.15) is 112 Å². The summed E-state index contributed by atoms with van der Waals surface area (Å²) in [5.41, 5.74) is 6.39. The number of thioether (sulfide) groups is 2. The van der Waals surface area contributed by atoms with Crippen LogP contribution in [-0.4, -0.2) is 75.4 Å². The molecule has 0 saturated heterocycles. The first-order valence-electron chi connectivity index (χ1n) is 22.0. The minimum Gasteiger partial charge on any atom is -0.870 e. The quantitative estimate of drug-likeness (QED) is 0.0382. The Morgan fingerprint density at radius 1 is 0.699 bits per heavy atom. The van der Waals surface area contributed by atoms with Crippen LogP contribution < -0.4 is 59.1 Å². The number of aryl methyl sites for hydroxylation is 2. The van der Waals surface area contributed by atoms with Crippen molar-refractivity contribution in [2.24, 2.45) is 11.8 Å². The van der Waals surface area contributed by atoms with Crippen LogP contribution in [0.25, 0.3) is 43.7 Å². The third-order valence-electron chi connectivity index (χ3n) is 11.4. The van der Waals surface area contributed by atoms with Gasteiger partial charge in [-0.3, -0.25) is 4.79 Å². The van der Waals surface area contributed by atoms with Crippen molar-refractivity contribution >= 4 is 69.4 Å². The SMILES string of the molecule is CC(=O)c1c(-c2cccc(F)c2)c(C)nn1-c1nc(C2=CCC(C(F)(F)F)CC2)c(SC(C)C)s1.Cc1nn(-c2nc(C3=CCC(C(F)(F)F)CC3)c(SC(C)C)s2)c([C-]=O)c1-c1cccc(F)c1.[Na+].[Na+].[OH-].[OH-]. The first-order chi connectivity index (χ1) is 32.5. The predicted octanol–water partition coefficient (Wildman–Crippen LogP) is 8.69. The van der Waals surface area contributed by atoms with E-state index in [1.54, 1.807) is 73.8 Å². The van der Waals surface area contributed by atoms with Crippen LogP contribution in [0.2, 0.25) is 0 Å². The monoisotopic (exact) mass is 1110 g/mol. The summed E-state index contributed by atoms with van der Waals surface area (Å²) in [6.07, 6.45) is -2.76. The summed E-state index contributed by atoms with van der Waals surface area (Å²) < 4.78 is 111. The molecular weight excluding hydrogens is 1060 g/mol. The molecule has 0 radical (unpaired) electrons. The molecule has 2 unspecified atom stereocenters. The molecule has 2 aliphatic carbocycles. The fourth-order valence-electron chi connectivity index (χ4n) is 8.19. The van der Waals surface area contributed by atoms with E-state index in [9.17, 15) is 44.7 Å². The largest absolute Gasteiger partial charge is 1.00 e. The Labute approximate surface area is 478 Å². The van der Waals surface area contributed by atoms with E-state index >= 15 is 0 Å². The minimum absolute atomic E-state index is 0. The molecular formula is C49H49F8N6Na2O4S4-. The zero-order valence-corrected chi connectivity index (χ0v) is 48.6. The molecule has 0 saturated carbocycles. The van der Waals surface area contributed by atoms with E-state index in [0.29, 0.717) is 61.0 Å². The number of Topliss-reactive ketones (excluding diaryl/α,β-unsaturated/α-hetero) is 1. The average molecular weight is 1110 g/mol. The molecule has 10 nitrogen and oxygen atoms in total. The molecule has 4 aromatic heterocycles. The van der Waals surface area contributed by atoms with Crippen molar-refractivity contribution in [1.82, 2.24) is 29.5 Å². The van der Waals surface area contributed by atoms with Gasteiger partial charge in [0.05, 0.1) is 37.3 Å². The van der Waals surface area contributed by atoms with Gasteiger partial charge < -0.3 is 15.7 Å². The molecule has 24 heteroatoms. The zero-order valence-electron chi connectivity index (χ0n) is 41.4. The number of benzene rings is 2. The van der Waals surface area contributed by atoms with Crippen molar-refractivity contribution in [3.63, 3.8) is 0 Å². The third-order valence-corrected chi connectivity index (χ3v) is 15.8. The van der Waals surface area contributed by atoms with Gasteiger partial charge in [0, 0.05) is 29.3 Å². The Balaban J connectivity index is 0.000000365. The van der Waals surface area contributed by atoms with Crippen molar-refractivity contribution in [2.45, 2.75) is 118 Å². The zero-order chi connectivity index (χ0) is 50.1. The molecule has 4 heterocycles. The van der Waals surface area contributed by atoms with Crippen LogP contribution in [0.15, 0.2) is 69.1 Å². The first-order valence-corrected chi connectivity index (χ1v) is 25.4. The van der Waals surface area contributed by atoms with E-state index in [1.807, 2.05) is 34.0 Å². The van der Waals surface area contributed by atoms with E-state index in [-0.39, 0.29) is 131 Å². The van der Waals surface area contributed by atoms with Crippen molar-refractivity contribution in [2.75, 3.05) is 0 Å². The van der Waals surface area contributed by atoms with Crippen LogP contribution >= 0.6 is 46.2 Å². The normalized spacial score (nSPS) is 15.7. The Hall–Kier alpha value is -3.00. The van der Waals surface area contributed by atoms with Gasteiger partial charge in [-0.15, -0.1) is 29.1 Å². The van der Waals surface area contributed by atoms with Gasteiger partial charge in [0.2, 0.25) is 10.3 Å². The predicted molar refractivity (Wildman–Crippen MR) is 262 cm³/mol. The summed E-state index contributed by atoms with van der Waals surface area (Å²) in [5.74, 6) is -3.77. The van der Waals surface area contributed by atoms with E-state index in [2.05, 4.69) is 10.2 Å². The molecule has 382 valence electrons. The summed E-state index contributed by atoms with van der Waals surface area (Å²) in [7, 11) is 0. The smallest absolute Gasteiger partial charge is 0.870 e. The number of thiazole rings is 2. The Bertz CT molecular complexity index is 2950. The maximum absolute atomic E-state index is 13.9. The number of aromatic nitrogens is 6. The molecule has 0 fully saturated rings. The van der Waals surface area contributed by atoms with Gasteiger partial charge >= 0.3 is 71.5 Å². The van der Waals surface area contributed by atoms with E-state index in [4.69, 9.17) is 9.97 Å². The number of alkyl halides is 6. The molecule has 0 aliphatic heterocycles. The van der Waals surface area contributed by atoms with Crippen molar-refractivity contribution in [3.05, 3.63) is 106 Å². The molecule has 2 N–H and O–H groups in total. The fourth-order valence-corrected chi connectivity index (χ4v) is 13.2. The minimum atomic E-state index is -4.21. The molecule has 8 rings (SSSR count). The summed E-state index contributed by atoms with van der Waals surface area (Å²) in [4.78, 5) is 34.2. The van der Waals surface area contributed by atoms with Crippen LogP contribution in [0.5, 0.6) is 0 Å². The van der Waals surface area contributed by atoms with E-state index in [1.165, 1.54) is 63.2 Å². The van der Waals surface area contributed by atoms with Crippen molar-refractivity contribution < 1.29 is 115 Å². The Kier molecular flexibility index (Phi) is 23.6. The van der Waals surface area contributed by atoms with Crippen molar-refractivity contribution in [1.29, 1.82) is 0 Å². The van der Waals surface area contributed by atoms with E-state index in [0.717, 1.165) is 19.6 Å². The van der Waals surface area contributed by atoms with Gasteiger partial charge in [-0.2, -0.15) is 36.5 Å². The molecule has 6 aromatic rings. The van der Waals surface area contributed by atoms with Gasteiger partial charge in [-0.25, -0.2) is 28.1 Å². The third kappa shape index (κ3) is 15.1. The number of carbonyl (C=O) groups is 1. The number of nitrogens with zero attached hydrogens (tertiary/aromatic N) is 6. The number of hydrogen-bond acceptors (Lipinski definition) is 12. The van der Waals surface area contributed by atoms with Gasteiger partial charge in [-0.1, -0.05) is 98.0 Å². The molecule has 0 amide bonds. The Morgan fingerprint density at radius 2 is 1.11 bits per heavy atom. The number of ketones is 1. The molecule has 0 bridgehead atoms. The fraction of sp³-hybridized carbons (Fsp3) is 0.388. The van der Waals surface area contributed by atoms with Gasteiger partial charge in [-0.05, 0) is 99.0 Å². The summed E-state index contributed by atoms with van der Waals surface area (Å²) in [5, 5.41) is 10.4. The van der Waals surface area contributed by atoms with Gasteiger partial charge in [0.15, 0.2) is 5.78 Å². The molecule has 2 atom stereocenters. The average Bonchev–Trinajstić information content (AvgIpc) is 4.05. The van der Waals surface area contributed by atoms with Crippen LogP contribution in [0.4, 0.5) is 35.1 Å².